The Morgan fingerprint density at radius 2 is 2.24 bits per heavy atom. The first-order valence-electron chi connectivity index (χ1n) is 6.82. The Balaban J connectivity index is 1.66. The Labute approximate surface area is 104 Å². The molecule has 1 fully saturated rings. The third-order valence-electron chi connectivity index (χ3n) is 4.55. The van der Waals surface area contributed by atoms with Crippen LogP contribution in [0.1, 0.15) is 30.4 Å². The zero-order valence-corrected chi connectivity index (χ0v) is 10.5. The number of nitrogens with one attached hydrogen (secondary N) is 1. The SMILES string of the molecule is C[C@H](CN)NCC1C2CCc3ccccc3C21. The Morgan fingerprint density at radius 1 is 1.41 bits per heavy atom. The third-order valence-corrected chi connectivity index (χ3v) is 4.55. The maximum absolute atomic E-state index is 5.64. The fourth-order valence-corrected chi connectivity index (χ4v) is 3.41. The molecular weight excluding hydrogens is 208 g/mol. The first kappa shape index (κ1) is 11.2. The summed E-state index contributed by atoms with van der Waals surface area (Å²) in [6.07, 6.45) is 2.66. The van der Waals surface area contributed by atoms with Gasteiger partial charge in [0.2, 0.25) is 0 Å². The Hall–Kier alpha value is -0.860. The van der Waals surface area contributed by atoms with Crippen molar-refractivity contribution in [2.45, 2.75) is 31.7 Å². The van der Waals surface area contributed by atoms with Crippen LogP contribution in [-0.2, 0) is 6.42 Å². The van der Waals surface area contributed by atoms with Gasteiger partial charge in [-0.2, -0.15) is 0 Å². The number of nitrogens with two attached hydrogens (primary N) is 1. The van der Waals surface area contributed by atoms with Crippen molar-refractivity contribution < 1.29 is 0 Å². The minimum absolute atomic E-state index is 0.452. The molecule has 3 N–H and O–H groups in total. The van der Waals surface area contributed by atoms with Gasteiger partial charge in [-0.15, -0.1) is 0 Å². The van der Waals surface area contributed by atoms with Gasteiger partial charge in [-0.1, -0.05) is 24.3 Å². The van der Waals surface area contributed by atoms with Crippen LogP contribution in [0.25, 0.3) is 0 Å². The van der Waals surface area contributed by atoms with Crippen LogP contribution in [0.2, 0.25) is 0 Å². The van der Waals surface area contributed by atoms with Crippen molar-refractivity contribution in [3.8, 4) is 0 Å². The Bertz CT molecular complexity index is 402. The number of rotatable bonds is 4. The predicted octanol–water partition coefficient (Wildman–Crippen LogP) is 1.90. The van der Waals surface area contributed by atoms with E-state index in [1.165, 1.54) is 12.8 Å². The van der Waals surface area contributed by atoms with E-state index in [9.17, 15) is 0 Å². The molecule has 0 radical (unpaired) electrons. The predicted molar refractivity (Wildman–Crippen MR) is 71.0 cm³/mol. The molecule has 0 saturated heterocycles. The van der Waals surface area contributed by atoms with Crippen molar-refractivity contribution in [1.29, 1.82) is 0 Å². The van der Waals surface area contributed by atoms with Gasteiger partial charge in [0.1, 0.15) is 0 Å². The van der Waals surface area contributed by atoms with Gasteiger partial charge >= 0.3 is 0 Å². The smallest absolute Gasteiger partial charge is 0.0162 e. The Morgan fingerprint density at radius 3 is 3.06 bits per heavy atom. The maximum atomic E-state index is 5.64. The standard InChI is InChI=1S/C15H22N2/c1-10(8-16)17-9-14-13-7-6-11-4-2-3-5-12(11)15(13)14/h2-5,10,13-15,17H,6-9,16H2,1H3/t10-,13?,14?,15?/m1/s1. The van der Waals surface area contributed by atoms with E-state index in [2.05, 4.69) is 36.5 Å². The summed E-state index contributed by atoms with van der Waals surface area (Å²) >= 11 is 0. The van der Waals surface area contributed by atoms with Gasteiger partial charge in [0, 0.05) is 12.6 Å². The largest absolute Gasteiger partial charge is 0.329 e. The molecule has 1 aromatic carbocycles. The van der Waals surface area contributed by atoms with Crippen molar-refractivity contribution in [2.24, 2.45) is 17.6 Å². The van der Waals surface area contributed by atoms with Crippen LogP contribution in [0, 0.1) is 11.8 Å². The first-order chi connectivity index (χ1) is 8.31. The molecule has 0 spiro atoms. The Kier molecular flexibility index (Phi) is 2.93. The molecule has 3 rings (SSSR count). The van der Waals surface area contributed by atoms with Crippen LogP contribution in [0.4, 0.5) is 0 Å². The van der Waals surface area contributed by atoms with E-state index < -0.39 is 0 Å². The average molecular weight is 230 g/mol. The highest BCUT2D eigenvalue weighted by Gasteiger charge is 2.52. The second-order valence-electron chi connectivity index (χ2n) is 5.64. The van der Waals surface area contributed by atoms with E-state index in [4.69, 9.17) is 5.73 Å². The van der Waals surface area contributed by atoms with Crippen molar-refractivity contribution in [2.75, 3.05) is 13.1 Å². The molecule has 1 saturated carbocycles. The van der Waals surface area contributed by atoms with Crippen LogP contribution in [0.15, 0.2) is 24.3 Å². The average Bonchev–Trinajstić information content (AvgIpc) is 3.10. The van der Waals surface area contributed by atoms with Gasteiger partial charge in [0.25, 0.3) is 0 Å². The van der Waals surface area contributed by atoms with Crippen molar-refractivity contribution in [3.05, 3.63) is 35.4 Å². The molecule has 4 atom stereocenters. The van der Waals surface area contributed by atoms with E-state index in [0.717, 1.165) is 30.8 Å². The molecule has 0 aromatic heterocycles. The second-order valence-corrected chi connectivity index (χ2v) is 5.64. The van der Waals surface area contributed by atoms with E-state index in [1.54, 1.807) is 11.1 Å². The quantitative estimate of drug-likeness (QED) is 0.829. The van der Waals surface area contributed by atoms with Gasteiger partial charge < -0.3 is 11.1 Å². The summed E-state index contributed by atoms with van der Waals surface area (Å²) in [4.78, 5) is 0. The van der Waals surface area contributed by atoms with Crippen LogP contribution in [0.5, 0.6) is 0 Å². The summed E-state index contributed by atoms with van der Waals surface area (Å²) in [6.45, 7) is 4.04. The van der Waals surface area contributed by atoms with Gasteiger partial charge in [0.05, 0.1) is 0 Å². The molecule has 2 nitrogen and oxygen atoms in total. The molecule has 92 valence electrons. The molecule has 2 aliphatic rings. The lowest BCUT2D eigenvalue weighted by molar-refractivity contribution is 0.512. The lowest BCUT2D eigenvalue weighted by Crippen LogP contribution is -2.34. The monoisotopic (exact) mass is 230 g/mol. The summed E-state index contributed by atoms with van der Waals surface area (Å²) in [5.74, 6) is 2.62. The zero-order chi connectivity index (χ0) is 11.8. The van der Waals surface area contributed by atoms with Gasteiger partial charge in [-0.05, 0) is 55.2 Å². The molecule has 17 heavy (non-hydrogen) atoms. The summed E-state index contributed by atoms with van der Waals surface area (Å²) < 4.78 is 0. The van der Waals surface area contributed by atoms with Crippen molar-refractivity contribution in [3.63, 3.8) is 0 Å². The molecule has 1 aromatic rings. The fourth-order valence-electron chi connectivity index (χ4n) is 3.41. The van der Waals surface area contributed by atoms with Crippen LogP contribution >= 0.6 is 0 Å². The maximum Gasteiger partial charge on any atom is 0.0162 e. The number of aryl methyl sites for hydroxylation is 1. The van der Waals surface area contributed by atoms with Gasteiger partial charge in [-0.25, -0.2) is 0 Å². The lowest BCUT2D eigenvalue weighted by atomic mass is 9.92. The number of hydrogen-bond donors (Lipinski definition) is 2. The summed E-state index contributed by atoms with van der Waals surface area (Å²) in [7, 11) is 0. The van der Waals surface area contributed by atoms with Crippen LogP contribution in [-0.4, -0.2) is 19.1 Å². The van der Waals surface area contributed by atoms with E-state index in [-0.39, 0.29) is 0 Å². The van der Waals surface area contributed by atoms with E-state index in [0.29, 0.717) is 6.04 Å². The minimum Gasteiger partial charge on any atom is -0.329 e. The minimum atomic E-state index is 0.452. The second kappa shape index (κ2) is 4.43. The highest BCUT2D eigenvalue weighted by Crippen LogP contribution is 2.59. The number of fused-ring (bicyclic) bond motifs is 3. The molecule has 0 heterocycles. The lowest BCUT2D eigenvalue weighted by Gasteiger charge is -2.13. The molecular formula is C15H22N2. The number of benzene rings is 1. The van der Waals surface area contributed by atoms with Crippen LogP contribution in [0.3, 0.4) is 0 Å². The zero-order valence-electron chi connectivity index (χ0n) is 10.5. The van der Waals surface area contributed by atoms with E-state index >= 15 is 0 Å². The molecule has 3 unspecified atom stereocenters. The summed E-state index contributed by atoms with van der Waals surface area (Å²) in [5.41, 5.74) is 8.85. The van der Waals surface area contributed by atoms with Crippen LogP contribution < -0.4 is 11.1 Å². The fraction of sp³-hybridized carbons (Fsp3) is 0.600. The normalized spacial score (nSPS) is 31.5. The first-order valence-corrected chi connectivity index (χ1v) is 6.82. The highest BCUT2D eigenvalue weighted by molar-refractivity contribution is 5.39. The molecule has 0 aliphatic heterocycles. The molecule has 0 amide bonds. The third kappa shape index (κ3) is 2.00. The molecule has 2 heteroatoms. The van der Waals surface area contributed by atoms with Crippen molar-refractivity contribution in [1.82, 2.24) is 5.32 Å². The summed E-state index contributed by atoms with van der Waals surface area (Å²) in [5, 5.41) is 3.56. The highest BCUT2D eigenvalue weighted by atomic mass is 14.9. The molecule has 2 aliphatic carbocycles. The molecule has 0 bridgehead atoms. The van der Waals surface area contributed by atoms with Gasteiger partial charge in [0.15, 0.2) is 0 Å². The van der Waals surface area contributed by atoms with Gasteiger partial charge in [-0.3, -0.25) is 0 Å². The number of hydrogen-bond acceptors (Lipinski definition) is 2. The van der Waals surface area contributed by atoms with E-state index in [1.807, 2.05) is 0 Å². The summed E-state index contributed by atoms with van der Waals surface area (Å²) in [6, 6.07) is 9.45. The topological polar surface area (TPSA) is 38.0 Å². The van der Waals surface area contributed by atoms with Crippen molar-refractivity contribution >= 4 is 0 Å².